The summed E-state index contributed by atoms with van der Waals surface area (Å²) >= 11 is 8.29. The van der Waals surface area contributed by atoms with E-state index in [1.807, 2.05) is 27.5 Å². The van der Waals surface area contributed by atoms with Crippen molar-refractivity contribution in [3.8, 4) is 0 Å². The number of hydrogen-bond acceptors (Lipinski definition) is 13. The third-order valence-corrected chi connectivity index (χ3v) is 9.71. The van der Waals surface area contributed by atoms with Crippen LogP contribution >= 0.6 is 34.7 Å². The number of nitrogens with one attached hydrogen (secondary N) is 2. The van der Waals surface area contributed by atoms with Crippen LogP contribution in [-0.4, -0.2) is 109 Å². The van der Waals surface area contributed by atoms with Crippen molar-refractivity contribution in [3.05, 3.63) is 51.9 Å². The Labute approximate surface area is 291 Å². The molecule has 2 aliphatic heterocycles. The number of pyridine rings is 1. The zero-order valence-corrected chi connectivity index (χ0v) is 28.5. The lowest BCUT2D eigenvalue weighted by atomic mass is 10.0. The fourth-order valence-corrected chi connectivity index (χ4v) is 7.32. The largest absolute Gasteiger partial charge is 0.478 e. The van der Waals surface area contributed by atoms with E-state index in [1.165, 1.54) is 23.7 Å². The number of carbonyl (C=O) groups excluding carboxylic acids is 3. The molecular formula is C28H31ClN9O9S2+. The highest BCUT2D eigenvalue weighted by molar-refractivity contribution is 8.00. The molecule has 0 radical (unpaired) electrons. The van der Waals surface area contributed by atoms with Crippen LogP contribution in [0.25, 0.3) is 11.0 Å². The molecule has 0 saturated carbocycles. The van der Waals surface area contributed by atoms with Gasteiger partial charge in [0, 0.05) is 43.8 Å². The number of thiazole rings is 1. The molecule has 21 heteroatoms. The minimum atomic E-state index is -1.42. The number of amides is 3. The maximum atomic E-state index is 13.4. The molecule has 3 atom stereocenters. The van der Waals surface area contributed by atoms with Crippen LogP contribution in [0.15, 0.2) is 47.0 Å². The summed E-state index contributed by atoms with van der Waals surface area (Å²) in [6.45, 7) is 1.85. The van der Waals surface area contributed by atoms with Gasteiger partial charge in [0.1, 0.15) is 39.3 Å². The number of oxime groups is 1. The summed E-state index contributed by atoms with van der Waals surface area (Å²) in [7, 11) is 3.33. The topological polar surface area (TPSA) is 235 Å². The number of carbonyl (C=O) groups is 5. The van der Waals surface area contributed by atoms with Gasteiger partial charge in [0.05, 0.1) is 6.54 Å². The van der Waals surface area contributed by atoms with Crippen LogP contribution < -0.4 is 21.0 Å². The summed E-state index contributed by atoms with van der Waals surface area (Å²) in [6, 6.07) is 4.41. The third kappa shape index (κ3) is 7.56. The lowest BCUT2D eigenvalue weighted by molar-refractivity contribution is -0.663. The predicted molar refractivity (Wildman–Crippen MR) is 176 cm³/mol. The Morgan fingerprint density at radius 2 is 2.04 bits per heavy atom. The van der Waals surface area contributed by atoms with Gasteiger partial charge in [-0.25, -0.2) is 24.4 Å². The normalized spacial score (nSPS) is 18.2. The maximum absolute atomic E-state index is 13.4. The van der Waals surface area contributed by atoms with Crippen molar-refractivity contribution >= 4 is 86.4 Å². The van der Waals surface area contributed by atoms with Gasteiger partial charge in [0.25, 0.3) is 11.8 Å². The van der Waals surface area contributed by atoms with Gasteiger partial charge >= 0.3 is 18.0 Å². The molecule has 49 heavy (non-hydrogen) atoms. The number of hydrogen-bond donors (Lipinski definition) is 5. The molecule has 0 aliphatic carbocycles. The van der Waals surface area contributed by atoms with Crippen molar-refractivity contribution in [2.45, 2.75) is 37.5 Å². The number of nitrogens with zero attached hydrogens (tertiary/aromatic N) is 6. The molecule has 1 saturated heterocycles. The van der Waals surface area contributed by atoms with Crippen LogP contribution in [0.3, 0.4) is 0 Å². The van der Waals surface area contributed by atoms with E-state index in [0.29, 0.717) is 12.1 Å². The zero-order valence-electron chi connectivity index (χ0n) is 26.2. The number of halogens is 1. The van der Waals surface area contributed by atoms with Crippen molar-refractivity contribution in [1.82, 2.24) is 30.2 Å². The average molecular weight is 737 g/mol. The number of nitrogen functional groups attached to an aromatic ring is 1. The second kappa shape index (κ2) is 14.7. The van der Waals surface area contributed by atoms with Crippen molar-refractivity contribution in [2.75, 3.05) is 32.2 Å². The Balaban J connectivity index is 1.32. The number of thioether (sulfide) groups is 1. The van der Waals surface area contributed by atoms with Crippen LogP contribution in [0.5, 0.6) is 0 Å². The summed E-state index contributed by atoms with van der Waals surface area (Å²) in [4.78, 5) is 72.3. The summed E-state index contributed by atoms with van der Waals surface area (Å²) in [6.07, 6.45) is 1.62. The molecule has 0 bridgehead atoms. The fourth-order valence-electron chi connectivity index (χ4n) is 5.05. The first-order valence-corrected chi connectivity index (χ1v) is 16.7. The Kier molecular flexibility index (Phi) is 10.6. The molecule has 18 nitrogen and oxygen atoms in total. The van der Waals surface area contributed by atoms with E-state index >= 15 is 0 Å². The SMILES string of the molecule is C[C@H](ON=C(C(=O)N[C@@H]1C(=O)N2C(C(=O)O)=C(C[n+]3cccc4c3ccn4CCOC(=O)NN(C)C)CS[C@H]12)c1nc(N)sc1Cl)C(=O)O. The number of rotatable bonds is 13. The van der Waals surface area contributed by atoms with Crippen LogP contribution in [-0.2, 0) is 41.8 Å². The van der Waals surface area contributed by atoms with E-state index in [1.54, 1.807) is 26.4 Å². The summed E-state index contributed by atoms with van der Waals surface area (Å²) in [5.41, 5.74) is 9.43. The van der Waals surface area contributed by atoms with E-state index in [4.69, 9.17) is 32.0 Å². The number of carboxylic acids is 2. The molecule has 5 rings (SSSR count). The van der Waals surface area contributed by atoms with E-state index < -0.39 is 53.1 Å². The number of nitrogens with two attached hydrogens (primary N) is 1. The standard InChI is InChI=1S/C28H30ClN9O9S2/c1-13(25(41)42)47-34-18(17-21(29)49-27(30)32-17)22(39)31-19-23(40)38-20(26(43)44)14(12-48-24(19)38)11-37-7-4-5-15-16(37)6-8-36(15)9-10-46-28(45)33-35(2)3/h4-8,13,19,24H,9-12H2,1-3H3,(H5-,30,31,32,33,39,41,42,43,44,45)/p+1/t13-,19+,24+/m0/s1. The molecule has 2 aliphatic rings. The molecule has 0 spiro atoms. The molecule has 3 aromatic rings. The van der Waals surface area contributed by atoms with Gasteiger partial charge in [-0.15, -0.1) is 11.8 Å². The number of β-lactam (4-membered cyclic amide) rings is 1. The van der Waals surface area contributed by atoms with Crippen molar-refractivity contribution < 1.29 is 48.3 Å². The zero-order chi connectivity index (χ0) is 35.6. The van der Waals surface area contributed by atoms with Gasteiger partial charge in [-0.2, -0.15) is 4.57 Å². The second-order valence-electron chi connectivity index (χ2n) is 10.9. The molecular weight excluding hydrogens is 706 g/mol. The summed E-state index contributed by atoms with van der Waals surface area (Å²) in [5.74, 6) is -4.04. The van der Waals surface area contributed by atoms with Crippen LogP contribution in [0, 0.1) is 0 Å². The second-order valence-corrected chi connectivity index (χ2v) is 13.6. The first-order valence-electron chi connectivity index (χ1n) is 14.4. The monoisotopic (exact) mass is 736 g/mol. The summed E-state index contributed by atoms with van der Waals surface area (Å²) in [5, 5.41) is 26.3. The highest BCUT2D eigenvalue weighted by Crippen LogP contribution is 2.40. The number of hydrazine groups is 1. The Morgan fingerprint density at radius 3 is 2.69 bits per heavy atom. The minimum Gasteiger partial charge on any atom is -0.478 e. The molecule has 0 unspecified atom stereocenters. The molecule has 5 heterocycles. The predicted octanol–water partition coefficient (Wildman–Crippen LogP) is 0.456. The van der Waals surface area contributed by atoms with E-state index in [9.17, 15) is 29.1 Å². The van der Waals surface area contributed by atoms with E-state index in [-0.39, 0.29) is 39.8 Å². The van der Waals surface area contributed by atoms with Crippen LogP contribution in [0.2, 0.25) is 4.34 Å². The molecule has 1 fully saturated rings. The van der Waals surface area contributed by atoms with E-state index in [2.05, 4.69) is 20.9 Å². The molecule has 3 amide bonds. The number of fused-ring (bicyclic) bond motifs is 2. The van der Waals surface area contributed by atoms with Crippen LogP contribution in [0.4, 0.5) is 9.93 Å². The maximum Gasteiger partial charge on any atom is 0.421 e. The first-order chi connectivity index (χ1) is 23.3. The number of ether oxygens (including phenoxy) is 1. The average Bonchev–Trinajstić information content (AvgIpc) is 3.61. The molecule has 3 aromatic heterocycles. The lowest BCUT2D eigenvalue weighted by Gasteiger charge is -2.49. The lowest BCUT2D eigenvalue weighted by Crippen LogP contribution is -2.71. The first kappa shape index (κ1) is 35.4. The highest BCUT2D eigenvalue weighted by Gasteiger charge is 2.55. The van der Waals surface area contributed by atoms with Gasteiger partial charge < -0.3 is 35.4 Å². The van der Waals surface area contributed by atoms with Gasteiger partial charge in [0.15, 0.2) is 23.6 Å². The highest BCUT2D eigenvalue weighted by atomic mass is 35.5. The number of carboxylic acid groups (broad SMARTS) is 2. The third-order valence-electron chi connectivity index (χ3n) is 7.28. The summed E-state index contributed by atoms with van der Waals surface area (Å²) < 4.78 is 8.95. The number of aromatic nitrogens is 3. The molecule has 260 valence electrons. The van der Waals surface area contributed by atoms with Gasteiger partial charge in [-0.3, -0.25) is 19.9 Å². The Hall–Kier alpha value is -4.92. The smallest absolute Gasteiger partial charge is 0.421 e. The number of anilines is 1. The van der Waals surface area contributed by atoms with Gasteiger partial charge in [0.2, 0.25) is 11.6 Å². The molecule has 0 aromatic carbocycles. The fraction of sp³-hybridized carbons (Fsp3) is 0.357. The van der Waals surface area contributed by atoms with Crippen molar-refractivity contribution in [1.29, 1.82) is 0 Å². The molecule has 6 N–H and O–H groups in total. The Bertz CT molecular complexity index is 1890. The van der Waals surface area contributed by atoms with Crippen molar-refractivity contribution in [2.24, 2.45) is 5.16 Å². The van der Waals surface area contributed by atoms with E-state index in [0.717, 1.165) is 27.3 Å². The van der Waals surface area contributed by atoms with Gasteiger partial charge in [-0.1, -0.05) is 28.1 Å². The quantitative estimate of drug-likeness (QED) is 0.0695. The van der Waals surface area contributed by atoms with Crippen LogP contribution in [0.1, 0.15) is 12.6 Å². The minimum absolute atomic E-state index is 0.00748. The number of aliphatic carboxylic acids is 2. The van der Waals surface area contributed by atoms with Gasteiger partial charge in [-0.05, 0) is 13.0 Å². The van der Waals surface area contributed by atoms with Crippen molar-refractivity contribution in [3.63, 3.8) is 0 Å². The Morgan fingerprint density at radius 1 is 1.29 bits per heavy atom.